The molecule has 6 nitrogen and oxygen atoms in total. The number of hydrogen-bond acceptors (Lipinski definition) is 4. The van der Waals surface area contributed by atoms with Crippen LogP contribution in [0.5, 0.6) is 0 Å². The van der Waals surface area contributed by atoms with Crippen molar-refractivity contribution in [2.24, 2.45) is 0 Å². The molecule has 26 heavy (non-hydrogen) atoms. The zero-order valence-corrected chi connectivity index (χ0v) is 15.8. The van der Waals surface area contributed by atoms with Crippen LogP contribution in [-0.4, -0.2) is 65.9 Å². The van der Waals surface area contributed by atoms with Crippen molar-refractivity contribution in [3.63, 3.8) is 0 Å². The van der Waals surface area contributed by atoms with Crippen molar-refractivity contribution >= 4 is 17.5 Å². The van der Waals surface area contributed by atoms with Crippen LogP contribution >= 0.6 is 0 Å². The normalized spacial score (nSPS) is 19.3. The molecule has 142 valence electrons. The van der Waals surface area contributed by atoms with Crippen molar-refractivity contribution in [1.29, 1.82) is 0 Å². The summed E-state index contributed by atoms with van der Waals surface area (Å²) >= 11 is 0. The van der Waals surface area contributed by atoms with Crippen molar-refractivity contribution in [1.82, 2.24) is 14.8 Å². The molecule has 0 N–H and O–H groups in total. The Balaban J connectivity index is 1.50. The van der Waals surface area contributed by atoms with E-state index in [9.17, 15) is 9.59 Å². The van der Waals surface area contributed by atoms with Crippen molar-refractivity contribution in [2.75, 3.05) is 44.2 Å². The maximum absolute atomic E-state index is 12.6. The van der Waals surface area contributed by atoms with Crippen molar-refractivity contribution in [3.8, 4) is 0 Å². The number of likely N-dealkylation sites (tertiary alicyclic amines) is 1. The SMILES string of the molecule is Cc1cc(N2CCCN(C(=O)CCN3CCCCCC3=O)CC2)ccn1. The van der Waals surface area contributed by atoms with Gasteiger partial charge in [0.15, 0.2) is 0 Å². The number of amides is 2. The van der Waals surface area contributed by atoms with Gasteiger partial charge in [0.2, 0.25) is 11.8 Å². The third-order valence-electron chi connectivity index (χ3n) is 5.36. The van der Waals surface area contributed by atoms with Crippen LogP contribution in [0.15, 0.2) is 18.3 Å². The summed E-state index contributed by atoms with van der Waals surface area (Å²) < 4.78 is 0. The molecule has 1 aromatic rings. The number of rotatable bonds is 4. The summed E-state index contributed by atoms with van der Waals surface area (Å²) in [6.45, 7) is 6.72. The van der Waals surface area contributed by atoms with Crippen LogP contribution < -0.4 is 4.90 Å². The third-order valence-corrected chi connectivity index (χ3v) is 5.36. The lowest BCUT2D eigenvalue weighted by Crippen LogP contribution is -2.38. The average Bonchev–Trinajstić information content (AvgIpc) is 3.00. The maximum Gasteiger partial charge on any atom is 0.224 e. The Bertz CT molecular complexity index is 634. The largest absolute Gasteiger partial charge is 0.370 e. The zero-order valence-electron chi connectivity index (χ0n) is 15.8. The number of nitrogens with zero attached hydrogens (tertiary/aromatic N) is 4. The summed E-state index contributed by atoms with van der Waals surface area (Å²) in [6.07, 6.45) is 7.06. The highest BCUT2D eigenvalue weighted by molar-refractivity contribution is 5.79. The minimum atomic E-state index is 0.176. The van der Waals surface area contributed by atoms with Crippen LogP contribution in [0, 0.1) is 6.92 Å². The number of hydrogen-bond donors (Lipinski definition) is 0. The molecule has 2 saturated heterocycles. The van der Waals surface area contributed by atoms with Crippen LogP contribution in [0.3, 0.4) is 0 Å². The lowest BCUT2D eigenvalue weighted by atomic mass is 10.2. The molecule has 2 aliphatic heterocycles. The Hall–Kier alpha value is -2.11. The molecular weight excluding hydrogens is 328 g/mol. The molecule has 0 spiro atoms. The number of anilines is 1. The lowest BCUT2D eigenvalue weighted by molar-refractivity contribution is -0.134. The summed E-state index contributed by atoms with van der Waals surface area (Å²) in [5.41, 5.74) is 2.20. The molecule has 0 radical (unpaired) electrons. The molecule has 2 fully saturated rings. The maximum atomic E-state index is 12.6. The van der Waals surface area contributed by atoms with E-state index in [4.69, 9.17) is 0 Å². The van der Waals surface area contributed by atoms with Crippen LogP contribution in [0.1, 0.15) is 44.2 Å². The second kappa shape index (κ2) is 9.01. The summed E-state index contributed by atoms with van der Waals surface area (Å²) in [4.78, 5) is 35.2. The Kier molecular flexibility index (Phi) is 6.47. The monoisotopic (exact) mass is 358 g/mol. The van der Waals surface area contributed by atoms with Gasteiger partial charge in [-0.25, -0.2) is 0 Å². The summed E-state index contributed by atoms with van der Waals surface area (Å²) in [5.74, 6) is 0.389. The second-order valence-electron chi connectivity index (χ2n) is 7.32. The quantitative estimate of drug-likeness (QED) is 0.828. The van der Waals surface area contributed by atoms with Gasteiger partial charge < -0.3 is 14.7 Å². The molecule has 3 rings (SSSR count). The minimum Gasteiger partial charge on any atom is -0.370 e. The number of carbonyl (C=O) groups excluding carboxylic acids is 2. The van der Waals surface area contributed by atoms with Gasteiger partial charge in [-0.3, -0.25) is 14.6 Å². The van der Waals surface area contributed by atoms with Gasteiger partial charge in [0.25, 0.3) is 0 Å². The van der Waals surface area contributed by atoms with Gasteiger partial charge in [-0.15, -0.1) is 0 Å². The molecule has 2 aliphatic rings. The smallest absolute Gasteiger partial charge is 0.224 e. The van der Waals surface area contributed by atoms with E-state index in [-0.39, 0.29) is 11.8 Å². The highest BCUT2D eigenvalue weighted by Gasteiger charge is 2.22. The van der Waals surface area contributed by atoms with Gasteiger partial charge >= 0.3 is 0 Å². The first-order chi connectivity index (χ1) is 12.6. The third kappa shape index (κ3) is 4.96. The predicted octanol–water partition coefficient (Wildman–Crippen LogP) is 2.22. The van der Waals surface area contributed by atoms with E-state index in [2.05, 4.69) is 16.0 Å². The zero-order chi connectivity index (χ0) is 18.4. The number of carbonyl (C=O) groups is 2. The van der Waals surface area contributed by atoms with Gasteiger partial charge in [-0.1, -0.05) is 6.42 Å². The Morgan fingerprint density at radius 2 is 1.96 bits per heavy atom. The molecule has 0 unspecified atom stereocenters. The molecule has 2 amide bonds. The summed E-state index contributed by atoms with van der Waals surface area (Å²) in [6, 6.07) is 4.14. The fraction of sp³-hybridized carbons (Fsp3) is 0.650. The van der Waals surface area contributed by atoms with Crippen LogP contribution in [-0.2, 0) is 9.59 Å². The molecule has 0 aromatic carbocycles. The van der Waals surface area contributed by atoms with E-state index in [0.29, 0.717) is 19.4 Å². The fourth-order valence-electron chi connectivity index (χ4n) is 3.82. The summed E-state index contributed by atoms with van der Waals surface area (Å²) in [5, 5.41) is 0. The molecule has 0 aliphatic carbocycles. The Morgan fingerprint density at radius 1 is 1.08 bits per heavy atom. The summed E-state index contributed by atoms with van der Waals surface area (Å²) in [7, 11) is 0. The Labute approximate surface area is 156 Å². The van der Waals surface area contributed by atoms with Crippen LogP contribution in [0.25, 0.3) is 0 Å². The standard InChI is InChI=1S/C20H30N4O2/c1-17-16-18(7-9-21-17)22-11-5-12-24(15-14-22)20(26)8-13-23-10-4-2-3-6-19(23)25/h7,9,16H,2-6,8,10-15H2,1H3. The molecule has 1 aromatic heterocycles. The van der Waals surface area contributed by atoms with Gasteiger partial charge in [-0.2, -0.15) is 0 Å². The predicted molar refractivity (Wildman–Crippen MR) is 102 cm³/mol. The van der Waals surface area contributed by atoms with Crippen molar-refractivity contribution in [3.05, 3.63) is 24.0 Å². The highest BCUT2D eigenvalue weighted by Crippen LogP contribution is 2.17. The first-order valence-electron chi connectivity index (χ1n) is 9.86. The molecule has 3 heterocycles. The van der Waals surface area contributed by atoms with E-state index < -0.39 is 0 Å². The van der Waals surface area contributed by atoms with E-state index in [0.717, 1.165) is 64.1 Å². The number of aryl methyl sites for hydroxylation is 1. The number of pyridine rings is 1. The van der Waals surface area contributed by atoms with Crippen molar-refractivity contribution < 1.29 is 9.59 Å². The average molecular weight is 358 g/mol. The Morgan fingerprint density at radius 3 is 2.81 bits per heavy atom. The van der Waals surface area contributed by atoms with Crippen molar-refractivity contribution in [2.45, 2.75) is 45.4 Å². The first kappa shape index (κ1) is 18.7. The van der Waals surface area contributed by atoms with E-state index in [1.54, 1.807) is 0 Å². The molecule has 0 saturated carbocycles. The van der Waals surface area contributed by atoms with Gasteiger partial charge in [0, 0.05) is 69.7 Å². The van der Waals surface area contributed by atoms with Crippen LogP contribution in [0.2, 0.25) is 0 Å². The molecule has 6 heteroatoms. The molecule has 0 atom stereocenters. The van der Waals surface area contributed by atoms with Gasteiger partial charge in [-0.05, 0) is 38.3 Å². The minimum absolute atomic E-state index is 0.176. The van der Waals surface area contributed by atoms with E-state index in [1.807, 2.05) is 29.0 Å². The first-order valence-corrected chi connectivity index (χ1v) is 9.86. The lowest BCUT2D eigenvalue weighted by Gasteiger charge is -2.25. The van der Waals surface area contributed by atoms with Crippen LogP contribution in [0.4, 0.5) is 5.69 Å². The van der Waals surface area contributed by atoms with E-state index in [1.165, 1.54) is 5.69 Å². The second-order valence-corrected chi connectivity index (χ2v) is 7.32. The van der Waals surface area contributed by atoms with Gasteiger partial charge in [0.05, 0.1) is 0 Å². The van der Waals surface area contributed by atoms with Gasteiger partial charge in [0.1, 0.15) is 0 Å². The van der Waals surface area contributed by atoms with E-state index >= 15 is 0 Å². The molecular formula is C20H30N4O2. The topological polar surface area (TPSA) is 56.8 Å². The highest BCUT2D eigenvalue weighted by atomic mass is 16.2. The fourth-order valence-corrected chi connectivity index (χ4v) is 3.82. The molecule has 0 bridgehead atoms. The number of aromatic nitrogens is 1.